The molecule has 0 amide bonds. The summed E-state index contributed by atoms with van der Waals surface area (Å²) in [6.45, 7) is 4.18. The van der Waals surface area contributed by atoms with Crippen molar-refractivity contribution in [1.29, 1.82) is 0 Å². The van der Waals surface area contributed by atoms with E-state index in [1.165, 1.54) is 0 Å². The topological polar surface area (TPSA) is 70.1 Å². The van der Waals surface area contributed by atoms with Gasteiger partial charge in [0, 0.05) is 22.9 Å². The van der Waals surface area contributed by atoms with Crippen molar-refractivity contribution in [3.05, 3.63) is 82.1 Å². The van der Waals surface area contributed by atoms with Crippen LogP contribution in [0.1, 0.15) is 38.2 Å². The lowest BCUT2D eigenvalue weighted by molar-refractivity contribution is -0.118. The van der Waals surface area contributed by atoms with E-state index in [-0.39, 0.29) is 17.1 Å². The van der Waals surface area contributed by atoms with Crippen LogP contribution in [-0.4, -0.2) is 15.3 Å². The maximum Gasteiger partial charge on any atom is 0.211 e. The van der Waals surface area contributed by atoms with E-state index < -0.39 is 0 Å². The zero-order chi connectivity index (χ0) is 21.0. The van der Waals surface area contributed by atoms with Crippen LogP contribution in [0.25, 0.3) is 16.7 Å². The van der Waals surface area contributed by atoms with E-state index in [2.05, 4.69) is 34.8 Å². The van der Waals surface area contributed by atoms with Crippen LogP contribution < -0.4 is 5.73 Å². The van der Waals surface area contributed by atoms with Crippen LogP contribution in [0.2, 0.25) is 0 Å². The smallest absolute Gasteiger partial charge is 0.211 e. The Kier molecular flexibility index (Phi) is 4.36. The van der Waals surface area contributed by atoms with Crippen LogP contribution in [-0.2, 0) is 9.53 Å². The largest absolute Gasteiger partial charge is 0.444 e. The maximum atomic E-state index is 13.3. The predicted molar refractivity (Wildman–Crippen MR) is 120 cm³/mol. The third-order valence-corrected chi connectivity index (χ3v) is 6.37. The highest BCUT2D eigenvalue weighted by Crippen LogP contribution is 2.49. The maximum absolute atomic E-state index is 13.3. The molecule has 0 spiro atoms. The Hall–Kier alpha value is -2.86. The highest BCUT2D eigenvalue weighted by molar-refractivity contribution is 9.10. The van der Waals surface area contributed by atoms with Crippen molar-refractivity contribution in [2.24, 2.45) is 11.1 Å². The first-order chi connectivity index (χ1) is 14.3. The Bertz CT molecular complexity index is 1230. The number of fused-ring (bicyclic) bond motifs is 1. The van der Waals surface area contributed by atoms with Gasteiger partial charge in [-0.25, -0.2) is 4.98 Å². The third kappa shape index (κ3) is 3.06. The molecule has 3 aromatic rings. The molecular weight excluding hydrogens is 442 g/mol. The number of benzene rings is 2. The Balaban J connectivity index is 1.75. The van der Waals surface area contributed by atoms with Crippen LogP contribution in [0.3, 0.4) is 0 Å². The van der Waals surface area contributed by atoms with Gasteiger partial charge in [0.2, 0.25) is 5.88 Å². The van der Waals surface area contributed by atoms with Gasteiger partial charge in [-0.2, -0.15) is 0 Å². The van der Waals surface area contributed by atoms with Gasteiger partial charge in [-0.3, -0.25) is 9.36 Å². The summed E-state index contributed by atoms with van der Waals surface area (Å²) in [6, 6.07) is 15.9. The standard InChI is InChI=1S/C24H22BrN3O2/c1-24(2)11-18(29)21-19(12-24)30-23(26)22(20(21)14-7-9-15(25)10-8-14)28-13-27-16-5-3-4-6-17(16)28/h3-10,13,20H,11-12,26H2,1-2H3. The number of halogens is 1. The van der Waals surface area contributed by atoms with Gasteiger partial charge in [0.25, 0.3) is 0 Å². The number of imidazole rings is 1. The van der Waals surface area contributed by atoms with Gasteiger partial charge < -0.3 is 10.5 Å². The fraction of sp³-hybridized carbons (Fsp3) is 0.250. The normalized spacial score (nSPS) is 21.0. The molecule has 0 saturated heterocycles. The Morgan fingerprint density at radius 1 is 1.13 bits per heavy atom. The molecule has 1 aliphatic carbocycles. The zero-order valence-electron chi connectivity index (χ0n) is 16.9. The monoisotopic (exact) mass is 463 g/mol. The molecule has 30 heavy (non-hydrogen) atoms. The number of carbonyl (C=O) groups is 1. The Morgan fingerprint density at radius 2 is 1.87 bits per heavy atom. The number of rotatable bonds is 2. The van der Waals surface area contributed by atoms with Gasteiger partial charge in [-0.15, -0.1) is 0 Å². The second kappa shape index (κ2) is 6.84. The fourth-order valence-electron chi connectivity index (χ4n) is 4.54. The second-order valence-electron chi connectivity index (χ2n) is 8.72. The highest BCUT2D eigenvalue weighted by atomic mass is 79.9. The number of para-hydroxylation sites is 2. The molecule has 0 fully saturated rings. The lowest BCUT2D eigenvalue weighted by Crippen LogP contribution is -2.34. The molecular formula is C24H22BrN3O2. The summed E-state index contributed by atoms with van der Waals surface area (Å²) in [5, 5.41) is 0. The van der Waals surface area contributed by atoms with Crippen molar-refractivity contribution in [2.75, 3.05) is 0 Å². The van der Waals surface area contributed by atoms with E-state index >= 15 is 0 Å². The first-order valence-electron chi connectivity index (χ1n) is 9.96. The van der Waals surface area contributed by atoms with E-state index in [0.717, 1.165) is 26.8 Å². The van der Waals surface area contributed by atoms with Crippen molar-refractivity contribution in [2.45, 2.75) is 32.6 Å². The lowest BCUT2D eigenvalue weighted by atomic mass is 9.71. The van der Waals surface area contributed by atoms with E-state index in [0.29, 0.717) is 30.1 Å². The molecule has 0 radical (unpaired) electrons. The summed E-state index contributed by atoms with van der Waals surface area (Å²) < 4.78 is 9.05. The summed E-state index contributed by atoms with van der Waals surface area (Å²) in [7, 11) is 0. The van der Waals surface area contributed by atoms with Crippen LogP contribution in [0.4, 0.5) is 0 Å². The number of ether oxygens (including phenoxy) is 1. The summed E-state index contributed by atoms with van der Waals surface area (Å²) in [5.74, 6) is 0.803. The summed E-state index contributed by atoms with van der Waals surface area (Å²) >= 11 is 3.51. The van der Waals surface area contributed by atoms with Crippen LogP contribution >= 0.6 is 15.9 Å². The van der Waals surface area contributed by atoms with Gasteiger partial charge >= 0.3 is 0 Å². The van der Waals surface area contributed by atoms with Crippen molar-refractivity contribution in [3.63, 3.8) is 0 Å². The number of nitrogens with zero attached hydrogens (tertiary/aromatic N) is 2. The number of aromatic nitrogens is 2. The first-order valence-corrected chi connectivity index (χ1v) is 10.7. The average Bonchev–Trinajstić information content (AvgIpc) is 3.10. The minimum Gasteiger partial charge on any atom is -0.444 e. The average molecular weight is 464 g/mol. The van der Waals surface area contributed by atoms with E-state index in [1.807, 2.05) is 53.1 Å². The van der Waals surface area contributed by atoms with Crippen molar-refractivity contribution < 1.29 is 9.53 Å². The van der Waals surface area contributed by atoms with E-state index in [9.17, 15) is 4.79 Å². The minimum atomic E-state index is -0.317. The van der Waals surface area contributed by atoms with Gasteiger partial charge in [-0.05, 0) is 35.2 Å². The molecule has 5 nitrogen and oxygen atoms in total. The first kappa shape index (κ1) is 19.1. The Morgan fingerprint density at radius 3 is 2.63 bits per heavy atom. The molecule has 1 unspecified atom stereocenters. The quantitative estimate of drug-likeness (QED) is 0.556. The van der Waals surface area contributed by atoms with Gasteiger partial charge in [0.15, 0.2) is 5.78 Å². The SMILES string of the molecule is CC1(C)CC(=O)C2=C(C1)OC(N)=C(n1cnc3ccccc31)C2c1ccc(Br)cc1. The number of ketones is 1. The molecule has 2 aromatic carbocycles. The summed E-state index contributed by atoms with van der Waals surface area (Å²) in [4.78, 5) is 17.9. The van der Waals surface area contributed by atoms with E-state index in [4.69, 9.17) is 10.5 Å². The lowest BCUT2D eigenvalue weighted by Gasteiger charge is -2.38. The number of allylic oxidation sites excluding steroid dienone is 3. The molecule has 0 saturated carbocycles. The summed E-state index contributed by atoms with van der Waals surface area (Å²) in [5.41, 5.74) is 10.6. The van der Waals surface area contributed by atoms with Crippen molar-refractivity contribution >= 4 is 38.4 Å². The predicted octanol–water partition coefficient (Wildman–Crippen LogP) is 5.34. The third-order valence-electron chi connectivity index (χ3n) is 5.84. The summed E-state index contributed by atoms with van der Waals surface area (Å²) in [6.07, 6.45) is 2.92. The van der Waals surface area contributed by atoms with Crippen molar-refractivity contribution in [1.82, 2.24) is 9.55 Å². The van der Waals surface area contributed by atoms with Crippen LogP contribution in [0, 0.1) is 5.41 Å². The second-order valence-corrected chi connectivity index (χ2v) is 9.63. The molecule has 1 aliphatic heterocycles. The van der Waals surface area contributed by atoms with Gasteiger partial charge in [0.1, 0.15) is 12.1 Å². The van der Waals surface area contributed by atoms with E-state index in [1.54, 1.807) is 6.33 Å². The molecule has 2 N–H and O–H groups in total. The molecule has 2 aliphatic rings. The Labute approximate surface area is 183 Å². The minimum absolute atomic E-state index is 0.114. The molecule has 1 atom stereocenters. The highest BCUT2D eigenvalue weighted by Gasteiger charge is 2.43. The number of hydrogen-bond acceptors (Lipinski definition) is 4. The zero-order valence-corrected chi connectivity index (χ0v) is 18.4. The molecule has 6 heteroatoms. The molecule has 152 valence electrons. The van der Waals surface area contributed by atoms with Crippen LogP contribution in [0.5, 0.6) is 0 Å². The number of carbonyl (C=O) groups excluding carboxylic acids is 1. The van der Waals surface area contributed by atoms with Crippen LogP contribution in [0.15, 0.2) is 76.5 Å². The number of Topliss-reactive ketones (excluding diaryl/α,β-unsaturated/α-hetero) is 1. The molecule has 5 rings (SSSR count). The molecule has 1 aromatic heterocycles. The van der Waals surface area contributed by atoms with Gasteiger partial charge in [-0.1, -0.05) is 54.0 Å². The van der Waals surface area contributed by atoms with Gasteiger partial charge in [0.05, 0.1) is 22.6 Å². The number of nitrogens with two attached hydrogens (primary N) is 1. The van der Waals surface area contributed by atoms with Crippen molar-refractivity contribution in [3.8, 4) is 0 Å². The fourth-order valence-corrected chi connectivity index (χ4v) is 4.81. The molecule has 0 bridgehead atoms. The number of hydrogen-bond donors (Lipinski definition) is 1. The molecule has 2 heterocycles.